The predicted molar refractivity (Wildman–Crippen MR) is 106 cm³/mol. The molecule has 3 rings (SSSR count). The number of anilines is 1. The Bertz CT molecular complexity index is 851. The molecule has 0 unspecified atom stereocenters. The topological polar surface area (TPSA) is 101 Å². The van der Waals surface area contributed by atoms with Gasteiger partial charge in [0.25, 0.3) is 0 Å². The number of rotatable bonds is 6. The van der Waals surface area contributed by atoms with Crippen molar-refractivity contribution < 1.29 is 8.42 Å². The lowest BCUT2D eigenvalue weighted by atomic mass is 9.94. The zero-order chi connectivity index (χ0) is 19.5. The lowest BCUT2D eigenvalue weighted by Crippen LogP contribution is -2.22. The molecule has 7 nitrogen and oxygen atoms in total. The summed E-state index contributed by atoms with van der Waals surface area (Å²) in [6, 6.07) is 5.60. The Balaban J connectivity index is 1.90. The summed E-state index contributed by atoms with van der Waals surface area (Å²) >= 11 is 0. The van der Waals surface area contributed by atoms with Crippen molar-refractivity contribution in [2.24, 2.45) is 5.41 Å². The molecule has 0 aliphatic heterocycles. The molecule has 0 bridgehead atoms. The molecule has 0 radical (unpaired) electrons. The molecule has 8 heteroatoms. The third-order valence-corrected chi connectivity index (χ3v) is 6.74. The minimum atomic E-state index is -3.37. The molecule has 2 aromatic rings. The number of sulfone groups is 1. The number of aromatic nitrogens is 4. The summed E-state index contributed by atoms with van der Waals surface area (Å²) in [5.74, 6) is 0.526. The molecule has 1 fully saturated rings. The van der Waals surface area contributed by atoms with Crippen molar-refractivity contribution in [3.8, 4) is 11.4 Å². The zero-order valence-corrected chi connectivity index (χ0v) is 17.1. The minimum Gasteiger partial charge on any atom is -0.382 e. The summed E-state index contributed by atoms with van der Waals surface area (Å²) in [6.45, 7) is 6.14. The van der Waals surface area contributed by atoms with Gasteiger partial charge >= 0.3 is 0 Å². The smallest absolute Gasteiger partial charge is 0.206 e. The first-order valence-electron chi connectivity index (χ1n) is 9.62. The van der Waals surface area contributed by atoms with Crippen LogP contribution in [0, 0.1) is 5.41 Å². The molecule has 1 aliphatic rings. The molecule has 0 saturated heterocycles. The van der Waals surface area contributed by atoms with Gasteiger partial charge in [-0.05, 0) is 48.1 Å². The van der Waals surface area contributed by atoms with Gasteiger partial charge in [-0.3, -0.25) is 0 Å². The van der Waals surface area contributed by atoms with Crippen molar-refractivity contribution in [1.29, 1.82) is 0 Å². The molecule has 0 spiro atoms. The molecule has 1 heterocycles. The van der Waals surface area contributed by atoms with E-state index in [1.165, 1.54) is 19.3 Å². The average Bonchev–Trinajstić information content (AvgIpc) is 3.15. The fourth-order valence-corrected chi connectivity index (χ4v) is 5.02. The highest BCUT2D eigenvalue weighted by atomic mass is 32.2. The Labute approximate surface area is 161 Å². The zero-order valence-electron chi connectivity index (χ0n) is 16.3. The maximum Gasteiger partial charge on any atom is 0.206 e. The van der Waals surface area contributed by atoms with E-state index in [1.807, 2.05) is 26.8 Å². The number of hydrogen-bond donors (Lipinski definition) is 2. The van der Waals surface area contributed by atoms with Crippen LogP contribution in [0.2, 0.25) is 0 Å². The van der Waals surface area contributed by atoms with E-state index < -0.39 is 9.84 Å². The largest absolute Gasteiger partial charge is 0.382 e. The van der Waals surface area contributed by atoms with E-state index in [9.17, 15) is 8.42 Å². The molecule has 0 atom stereocenters. The van der Waals surface area contributed by atoms with Crippen LogP contribution in [0.1, 0.15) is 59.3 Å². The summed E-state index contributed by atoms with van der Waals surface area (Å²) in [7, 11) is -3.37. The van der Waals surface area contributed by atoms with Crippen molar-refractivity contribution in [1.82, 2.24) is 20.6 Å². The lowest BCUT2D eigenvalue weighted by Gasteiger charge is -2.25. The summed E-state index contributed by atoms with van der Waals surface area (Å²) in [5.41, 5.74) is 1.50. The number of nitrogens with one attached hydrogen (secondary N) is 2. The molecule has 1 aromatic carbocycles. The minimum absolute atomic E-state index is 0.0357. The van der Waals surface area contributed by atoms with Crippen LogP contribution in [0.4, 0.5) is 5.69 Å². The van der Waals surface area contributed by atoms with Crippen LogP contribution in [-0.2, 0) is 9.84 Å². The van der Waals surface area contributed by atoms with E-state index >= 15 is 0 Å². The van der Waals surface area contributed by atoms with Crippen LogP contribution in [0.25, 0.3) is 11.4 Å². The van der Waals surface area contributed by atoms with Gasteiger partial charge in [0.1, 0.15) is 0 Å². The highest BCUT2D eigenvalue weighted by molar-refractivity contribution is 7.91. The molecule has 1 aromatic heterocycles. The van der Waals surface area contributed by atoms with Gasteiger partial charge in [0.15, 0.2) is 9.84 Å². The van der Waals surface area contributed by atoms with Gasteiger partial charge in [-0.25, -0.2) is 8.42 Å². The van der Waals surface area contributed by atoms with Gasteiger partial charge in [-0.15, -0.1) is 10.2 Å². The van der Waals surface area contributed by atoms with Crippen molar-refractivity contribution in [2.75, 3.05) is 11.1 Å². The van der Waals surface area contributed by atoms with Gasteiger partial charge in [-0.1, -0.05) is 40.0 Å². The Morgan fingerprint density at radius 2 is 1.93 bits per heavy atom. The monoisotopic (exact) mass is 391 g/mol. The molecule has 1 aliphatic carbocycles. The number of nitrogens with zero attached hydrogens (tertiary/aromatic N) is 3. The van der Waals surface area contributed by atoms with Crippen LogP contribution in [0.5, 0.6) is 0 Å². The maximum atomic E-state index is 12.8. The highest BCUT2D eigenvalue weighted by Crippen LogP contribution is 2.32. The molecule has 148 valence electrons. The number of aromatic amines is 1. The average molecular weight is 392 g/mol. The first-order chi connectivity index (χ1) is 12.7. The number of tetrazole rings is 1. The van der Waals surface area contributed by atoms with Crippen LogP contribution < -0.4 is 5.32 Å². The van der Waals surface area contributed by atoms with Crippen LogP contribution >= 0.6 is 0 Å². The van der Waals surface area contributed by atoms with Crippen molar-refractivity contribution in [3.05, 3.63) is 18.2 Å². The summed E-state index contributed by atoms with van der Waals surface area (Å²) in [6.07, 6.45) is 6.56. The Hall–Kier alpha value is -1.96. The number of benzene rings is 1. The maximum absolute atomic E-state index is 12.8. The molecule has 0 amide bonds. The summed E-state index contributed by atoms with van der Waals surface area (Å²) in [4.78, 5) is 0.306. The molecular formula is C19H29N5O2S. The van der Waals surface area contributed by atoms with Crippen molar-refractivity contribution in [2.45, 2.75) is 70.2 Å². The van der Waals surface area contributed by atoms with Gasteiger partial charge in [-0.2, -0.15) is 5.21 Å². The second kappa shape index (κ2) is 7.96. The first kappa shape index (κ1) is 19.8. The summed E-state index contributed by atoms with van der Waals surface area (Å²) < 4.78 is 25.6. The van der Waals surface area contributed by atoms with E-state index in [0.717, 1.165) is 18.5 Å². The third-order valence-electron chi connectivity index (χ3n) is 5.02. The number of hydrogen-bond acceptors (Lipinski definition) is 6. The molecule has 2 N–H and O–H groups in total. The van der Waals surface area contributed by atoms with Crippen LogP contribution in [-0.4, -0.2) is 40.8 Å². The quantitative estimate of drug-likeness (QED) is 0.776. The van der Waals surface area contributed by atoms with Gasteiger partial charge in [0, 0.05) is 17.3 Å². The fourth-order valence-electron chi connectivity index (χ4n) is 3.33. The Kier molecular flexibility index (Phi) is 5.83. The first-order valence-corrected chi connectivity index (χ1v) is 11.3. The van der Waals surface area contributed by atoms with Crippen molar-refractivity contribution in [3.63, 3.8) is 0 Å². The van der Waals surface area contributed by atoms with E-state index in [0.29, 0.717) is 28.7 Å². The second-order valence-electron chi connectivity index (χ2n) is 8.55. The van der Waals surface area contributed by atoms with E-state index in [1.54, 1.807) is 12.1 Å². The van der Waals surface area contributed by atoms with Crippen molar-refractivity contribution >= 4 is 15.5 Å². The third kappa shape index (κ3) is 5.28. The van der Waals surface area contributed by atoms with E-state index in [-0.39, 0.29) is 11.2 Å². The number of H-pyrrole nitrogens is 1. The Morgan fingerprint density at radius 3 is 2.56 bits per heavy atom. The predicted octanol–water partition coefficient (Wildman–Crippen LogP) is 3.82. The highest BCUT2D eigenvalue weighted by Gasteiger charge is 2.23. The second-order valence-corrected chi connectivity index (χ2v) is 10.7. The van der Waals surface area contributed by atoms with E-state index in [4.69, 9.17) is 0 Å². The molecular weight excluding hydrogens is 362 g/mol. The SMILES string of the molecule is CC(C)(C)CCS(=O)(=O)c1ccc(NC2CCCCC2)c(-c2nn[nH]n2)c1. The molecule has 1 saturated carbocycles. The standard InChI is InChI=1S/C19H29N5O2S/c1-19(2,3)11-12-27(25,26)15-9-10-17(20-14-7-5-4-6-8-14)16(13-15)18-21-23-24-22-18/h9-10,13-14,20H,4-8,11-12H2,1-3H3,(H,21,22,23,24). The van der Waals surface area contributed by atoms with E-state index in [2.05, 4.69) is 25.9 Å². The van der Waals surface area contributed by atoms with Crippen LogP contribution in [0.15, 0.2) is 23.1 Å². The van der Waals surface area contributed by atoms with Gasteiger partial charge in [0.2, 0.25) is 5.82 Å². The fraction of sp³-hybridized carbons (Fsp3) is 0.632. The molecule has 27 heavy (non-hydrogen) atoms. The normalized spacial score (nSPS) is 16.4. The lowest BCUT2D eigenvalue weighted by molar-refractivity contribution is 0.397. The summed E-state index contributed by atoms with van der Waals surface area (Å²) in [5, 5.41) is 17.8. The van der Waals surface area contributed by atoms with Gasteiger partial charge in [0.05, 0.1) is 10.6 Å². The Morgan fingerprint density at radius 1 is 1.19 bits per heavy atom. The van der Waals surface area contributed by atoms with Gasteiger partial charge < -0.3 is 5.32 Å². The van der Waals surface area contributed by atoms with Crippen LogP contribution in [0.3, 0.4) is 0 Å².